The highest BCUT2D eigenvalue weighted by molar-refractivity contribution is 5.84. The second-order valence-electron chi connectivity index (χ2n) is 23.8. The summed E-state index contributed by atoms with van der Waals surface area (Å²) in [4.78, 5) is 40.1. The molecule has 9 fully saturated rings. The molecular formula is C49H74O20. The van der Waals surface area contributed by atoms with Crippen molar-refractivity contribution in [1.29, 1.82) is 0 Å². The predicted octanol–water partition coefficient (Wildman–Crippen LogP) is 0.430. The SMILES string of the molecule is CC(=O)O[C@H]1CC(C)(C)C[C@H]2C3=CC[C@@H]4[C@@]5(C)CC[C@H](O[C@@H]6O[C@H](C(=O)O)[C@@H](O)[C@H](O[C@@H]7OC[C@@H](O)[C@H](O)[C@H]7O)[C@H]6O[C@@H]6O[C@H](CO)[C@@H](O)[C@H](O)[C@H]6O)C(C)(C)[C@@H]5CC[C@@]4(C)[C@]34OC(=O)[C@]12C[C@@H]4C. The van der Waals surface area contributed by atoms with Crippen LogP contribution >= 0.6 is 0 Å². The third-order valence-electron chi connectivity index (χ3n) is 19.1. The summed E-state index contributed by atoms with van der Waals surface area (Å²) in [6.45, 7) is 15.4. The van der Waals surface area contributed by atoms with E-state index in [4.69, 9.17) is 37.9 Å². The zero-order chi connectivity index (χ0) is 50.3. The number of fused-ring (bicyclic) bond motifs is 5. The molecule has 5 saturated heterocycles. The lowest BCUT2D eigenvalue weighted by Crippen LogP contribution is -2.77. The number of aliphatic carboxylic acids is 1. The molecule has 10 rings (SSSR count). The molecule has 0 aromatic carbocycles. The topological polar surface area (TPSA) is 307 Å². The standard InChI is InChI=1S/C49H74O20/c1-20-15-48-23(16-44(3,4)17-29(48)63-21(2)51)22-9-10-27-46(7)13-12-28(45(5,6)26(46)11-14-47(27,8)49(20,22)69-43(48)61)65-42-38(68-41-34(57)32(55)31(54)25(18-50)64-41)36(35(58)37(67-42)39(59)60)66-40-33(56)30(53)24(52)19-62-40/h9,20,23-38,40-42,50,52-58H,10-19H2,1-8H3,(H,59,60)/t20-,23-,24+,25+,26-,27+,28-,29-,30-,31+,32-,33+,34+,35-,36-,37-,38+,40-,41-,42+,46-,47+,48-,49+/m0/s1. The van der Waals surface area contributed by atoms with Gasteiger partial charge in [0.2, 0.25) is 0 Å². The Kier molecular flexibility index (Phi) is 13.2. The molecule has 2 bridgehead atoms. The van der Waals surface area contributed by atoms with E-state index in [0.717, 1.165) is 18.4 Å². The third kappa shape index (κ3) is 7.62. The fourth-order valence-corrected chi connectivity index (χ4v) is 16.0. The molecule has 0 radical (unpaired) electrons. The monoisotopic (exact) mass is 982 g/mol. The normalized spacial score (nSPS) is 53.0. The first kappa shape index (κ1) is 51.5. The number of carbonyl (C=O) groups excluding carboxylic acids is 2. The van der Waals surface area contributed by atoms with Gasteiger partial charge in [-0.25, -0.2) is 4.79 Å². The average Bonchev–Trinajstić information content (AvgIpc) is 3.26. The van der Waals surface area contributed by atoms with Crippen molar-refractivity contribution in [3.8, 4) is 0 Å². The van der Waals surface area contributed by atoms with Crippen molar-refractivity contribution in [3.63, 3.8) is 0 Å². The highest BCUT2D eigenvalue weighted by Gasteiger charge is 2.79. The molecule has 0 unspecified atom stereocenters. The van der Waals surface area contributed by atoms with Crippen LogP contribution in [0.5, 0.6) is 0 Å². The van der Waals surface area contributed by atoms with Crippen LogP contribution in [0.1, 0.15) is 107 Å². The van der Waals surface area contributed by atoms with E-state index in [1.54, 1.807) is 0 Å². The van der Waals surface area contributed by atoms with Crippen LogP contribution in [0.3, 0.4) is 0 Å². The van der Waals surface area contributed by atoms with Crippen LogP contribution in [0.4, 0.5) is 0 Å². The Balaban J connectivity index is 1.03. The molecular weight excluding hydrogens is 909 g/mol. The largest absolute Gasteiger partial charge is 0.479 e. The van der Waals surface area contributed by atoms with Gasteiger partial charge in [-0.2, -0.15) is 0 Å². The first-order chi connectivity index (χ1) is 32.2. The number of ether oxygens (including phenoxy) is 8. The zero-order valence-electron chi connectivity index (χ0n) is 40.7. The Morgan fingerprint density at radius 1 is 0.754 bits per heavy atom. The number of allylic oxidation sites excluding steroid dienone is 1. The summed E-state index contributed by atoms with van der Waals surface area (Å²) >= 11 is 0. The van der Waals surface area contributed by atoms with Gasteiger partial charge in [0, 0.05) is 24.2 Å². The van der Waals surface area contributed by atoms with E-state index in [9.17, 15) is 60.3 Å². The summed E-state index contributed by atoms with van der Waals surface area (Å²) in [5.74, 6) is -2.50. The number of esters is 2. The predicted molar refractivity (Wildman–Crippen MR) is 234 cm³/mol. The van der Waals surface area contributed by atoms with Crippen LogP contribution in [0.25, 0.3) is 0 Å². The van der Waals surface area contributed by atoms with E-state index in [2.05, 4.69) is 54.5 Å². The minimum absolute atomic E-state index is 0.0209. The lowest BCUT2D eigenvalue weighted by atomic mass is 9.33. The fourth-order valence-electron chi connectivity index (χ4n) is 16.0. The summed E-state index contributed by atoms with van der Waals surface area (Å²) in [7, 11) is 0. The van der Waals surface area contributed by atoms with E-state index in [1.165, 1.54) is 6.92 Å². The summed E-state index contributed by atoms with van der Waals surface area (Å²) in [5.41, 5.74) is -2.39. The Morgan fingerprint density at radius 3 is 2.10 bits per heavy atom. The lowest BCUT2D eigenvalue weighted by molar-refractivity contribution is -0.392. The first-order valence-electron chi connectivity index (χ1n) is 24.8. The van der Waals surface area contributed by atoms with E-state index < -0.39 is 145 Å². The van der Waals surface area contributed by atoms with E-state index >= 15 is 0 Å². The van der Waals surface area contributed by atoms with Crippen LogP contribution in [0.2, 0.25) is 0 Å². The molecule has 20 heteroatoms. The number of carboxylic acids is 1. The maximum absolute atomic E-state index is 14.8. The van der Waals surface area contributed by atoms with Crippen molar-refractivity contribution < 1.29 is 98.2 Å². The number of aliphatic hydroxyl groups is 8. The molecule has 5 aliphatic carbocycles. The molecule has 5 heterocycles. The number of carbonyl (C=O) groups is 3. The second-order valence-corrected chi connectivity index (χ2v) is 23.8. The Hall–Kier alpha value is -2.41. The number of hydrogen-bond donors (Lipinski definition) is 9. The van der Waals surface area contributed by atoms with Gasteiger partial charge in [0.05, 0.1) is 19.3 Å². The van der Waals surface area contributed by atoms with Gasteiger partial charge < -0.3 is 83.9 Å². The lowest BCUT2D eigenvalue weighted by Gasteiger charge is -2.74. The van der Waals surface area contributed by atoms with Crippen LogP contribution in [0, 0.1) is 50.7 Å². The molecule has 390 valence electrons. The summed E-state index contributed by atoms with van der Waals surface area (Å²) in [5, 5.41) is 95.9. The smallest absolute Gasteiger partial charge is 0.335 e. The van der Waals surface area contributed by atoms with Crippen molar-refractivity contribution >= 4 is 17.9 Å². The quantitative estimate of drug-likeness (QED) is 0.0860. The molecule has 0 aromatic rings. The summed E-state index contributed by atoms with van der Waals surface area (Å²) in [6.07, 6.45) is -19.0. The maximum atomic E-state index is 14.8. The molecule has 69 heavy (non-hydrogen) atoms. The summed E-state index contributed by atoms with van der Waals surface area (Å²) < 4.78 is 49.4. The van der Waals surface area contributed by atoms with Gasteiger partial charge in [0.25, 0.3) is 0 Å². The number of aliphatic hydroxyl groups excluding tert-OH is 8. The number of carboxylic acid groups (broad SMARTS) is 1. The molecule has 24 atom stereocenters. The Labute approximate surface area is 401 Å². The molecule has 4 saturated carbocycles. The molecule has 9 N–H and O–H groups in total. The van der Waals surface area contributed by atoms with Gasteiger partial charge in [-0.15, -0.1) is 0 Å². The van der Waals surface area contributed by atoms with Crippen molar-refractivity contribution in [3.05, 3.63) is 11.6 Å². The van der Waals surface area contributed by atoms with Gasteiger partial charge in [0.1, 0.15) is 78.2 Å². The molecule has 2 spiro atoms. The molecule has 10 aliphatic rings. The van der Waals surface area contributed by atoms with Gasteiger partial charge in [-0.05, 0) is 85.0 Å². The third-order valence-corrected chi connectivity index (χ3v) is 19.1. The number of hydrogen-bond acceptors (Lipinski definition) is 19. The van der Waals surface area contributed by atoms with Crippen LogP contribution < -0.4 is 0 Å². The van der Waals surface area contributed by atoms with Crippen molar-refractivity contribution in [1.82, 2.24) is 0 Å². The average molecular weight is 983 g/mol. The van der Waals surface area contributed by atoms with E-state index in [0.29, 0.717) is 38.5 Å². The van der Waals surface area contributed by atoms with Crippen LogP contribution in [0.15, 0.2) is 11.6 Å². The molecule has 5 aliphatic heterocycles. The molecule has 20 nitrogen and oxygen atoms in total. The van der Waals surface area contributed by atoms with Crippen molar-refractivity contribution in [2.45, 2.75) is 211 Å². The number of rotatable bonds is 9. The molecule has 0 amide bonds. The summed E-state index contributed by atoms with van der Waals surface area (Å²) in [6, 6.07) is 0. The van der Waals surface area contributed by atoms with Crippen LogP contribution in [-0.4, -0.2) is 181 Å². The van der Waals surface area contributed by atoms with E-state index in [1.807, 2.05) is 0 Å². The Bertz CT molecular complexity index is 2030. The zero-order valence-corrected chi connectivity index (χ0v) is 40.7. The van der Waals surface area contributed by atoms with E-state index in [-0.39, 0.29) is 40.5 Å². The van der Waals surface area contributed by atoms with Gasteiger partial charge in [-0.1, -0.05) is 54.5 Å². The van der Waals surface area contributed by atoms with Gasteiger partial charge in [0.15, 0.2) is 25.0 Å². The van der Waals surface area contributed by atoms with Crippen molar-refractivity contribution in [2.24, 2.45) is 50.7 Å². The van der Waals surface area contributed by atoms with Gasteiger partial charge in [-0.3, -0.25) is 9.59 Å². The van der Waals surface area contributed by atoms with Gasteiger partial charge >= 0.3 is 17.9 Å². The van der Waals surface area contributed by atoms with Crippen LogP contribution in [-0.2, 0) is 52.3 Å². The van der Waals surface area contributed by atoms with Crippen molar-refractivity contribution in [2.75, 3.05) is 13.2 Å². The first-order valence-corrected chi connectivity index (χ1v) is 24.8. The fraction of sp³-hybridized carbons (Fsp3) is 0.898. The maximum Gasteiger partial charge on any atom is 0.335 e. The second kappa shape index (κ2) is 17.6. The minimum atomic E-state index is -2.08. The molecule has 0 aromatic heterocycles. The highest BCUT2D eigenvalue weighted by atomic mass is 16.8. The Morgan fingerprint density at radius 2 is 1.43 bits per heavy atom. The minimum Gasteiger partial charge on any atom is -0.479 e. The highest BCUT2D eigenvalue weighted by Crippen LogP contribution is 2.77.